The Balaban J connectivity index is 2.02. The molecule has 4 heteroatoms. The largest absolute Gasteiger partial charge is 0.466 e. The van der Waals surface area contributed by atoms with Crippen molar-refractivity contribution in [3.8, 4) is 21.8 Å². The third-order valence-electron chi connectivity index (χ3n) is 2.89. The minimum atomic E-state index is 0.920. The number of hydrogen-bond acceptors (Lipinski definition) is 3. The lowest BCUT2D eigenvalue weighted by Crippen LogP contribution is -1.79. The lowest BCUT2D eigenvalue weighted by Gasteiger charge is -1.96. The van der Waals surface area contributed by atoms with E-state index in [1.165, 1.54) is 0 Å². The van der Waals surface area contributed by atoms with Crippen molar-refractivity contribution in [3.05, 3.63) is 51.7 Å². The molecule has 3 rings (SSSR count). The first-order valence-electron chi connectivity index (χ1n) is 5.92. The molecule has 2 heterocycles. The van der Waals surface area contributed by atoms with E-state index in [0.29, 0.717) is 0 Å². The summed E-state index contributed by atoms with van der Waals surface area (Å²) < 4.78 is 6.63. The van der Waals surface area contributed by atoms with Gasteiger partial charge in [-0.25, -0.2) is 4.98 Å². The number of hydrogen-bond donors (Lipinski definition) is 0. The van der Waals surface area contributed by atoms with Crippen LogP contribution in [0.2, 0.25) is 0 Å². The third-order valence-corrected chi connectivity index (χ3v) is 4.28. The predicted molar refractivity (Wildman–Crippen MR) is 82.4 cm³/mol. The molecule has 19 heavy (non-hydrogen) atoms. The van der Waals surface area contributed by atoms with Crippen molar-refractivity contribution >= 4 is 27.3 Å². The number of thiazole rings is 1. The van der Waals surface area contributed by atoms with Crippen LogP contribution in [0.1, 0.15) is 11.5 Å². The second kappa shape index (κ2) is 4.94. The van der Waals surface area contributed by atoms with Crippen LogP contribution in [-0.2, 0) is 0 Å². The van der Waals surface area contributed by atoms with Crippen molar-refractivity contribution in [2.75, 3.05) is 0 Å². The molecule has 0 bridgehead atoms. The summed E-state index contributed by atoms with van der Waals surface area (Å²) in [5, 5.41) is 3.10. The van der Waals surface area contributed by atoms with Crippen molar-refractivity contribution in [3.63, 3.8) is 0 Å². The maximum Gasteiger partial charge on any atom is 0.124 e. The van der Waals surface area contributed by atoms with Gasteiger partial charge in [-0.3, -0.25) is 0 Å². The van der Waals surface area contributed by atoms with Gasteiger partial charge in [-0.1, -0.05) is 28.1 Å². The normalized spacial score (nSPS) is 10.9. The molecule has 2 aromatic heterocycles. The highest BCUT2D eigenvalue weighted by Gasteiger charge is 2.12. The summed E-state index contributed by atoms with van der Waals surface area (Å²) in [7, 11) is 0. The fourth-order valence-electron chi connectivity index (χ4n) is 2.04. The number of furan rings is 1. The SMILES string of the molecule is Cc1cc(-c2csc(-c3cccc(Br)c3)n2)c(C)o1. The van der Waals surface area contributed by atoms with E-state index in [4.69, 9.17) is 9.40 Å². The standard InChI is InChI=1S/C15H12BrNOS/c1-9-6-13(10(2)18-9)14-8-19-15(17-14)11-4-3-5-12(16)7-11/h3-8H,1-2H3. The molecule has 0 atom stereocenters. The van der Waals surface area contributed by atoms with Gasteiger partial charge >= 0.3 is 0 Å². The van der Waals surface area contributed by atoms with Gasteiger partial charge in [0.15, 0.2) is 0 Å². The first-order chi connectivity index (χ1) is 9.13. The highest BCUT2D eigenvalue weighted by Crippen LogP contribution is 2.32. The Labute approximate surface area is 124 Å². The van der Waals surface area contributed by atoms with E-state index in [9.17, 15) is 0 Å². The number of aromatic nitrogens is 1. The van der Waals surface area contributed by atoms with Gasteiger partial charge in [-0.15, -0.1) is 11.3 Å². The van der Waals surface area contributed by atoms with Crippen molar-refractivity contribution < 1.29 is 4.42 Å². The highest BCUT2D eigenvalue weighted by atomic mass is 79.9. The molecule has 0 saturated carbocycles. The van der Waals surface area contributed by atoms with Crippen molar-refractivity contribution in [2.45, 2.75) is 13.8 Å². The van der Waals surface area contributed by atoms with Crippen molar-refractivity contribution in [1.29, 1.82) is 0 Å². The topological polar surface area (TPSA) is 26.0 Å². The summed E-state index contributed by atoms with van der Waals surface area (Å²) in [5.74, 6) is 1.84. The molecule has 96 valence electrons. The van der Waals surface area contributed by atoms with E-state index < -0.39 is 0 Å². The van der Waals surface area contributed by atoms with Gasteiger partial charge in [-0.05, 0) is 32.0 Å². The molecule has 3 aromatic rings. The van der Waals surface area contributed by atoms with Gasteiger partial charge in [-0.2, -0.15) is 0 Å². The summed E-state index contributed by atoms with van der Waals surface area (Å²) >= 11 is 5.14. The fraction of sp³-hybridized carbons (Fsp3) is 0.133. The molecule has 2 nitrogen and oxygen atoms in total. The fourth-order valence-corrected chi connectivity index (χ4v) is 3.25. The molecule has 0 radical (unpaired) electrons. The first kappa shape index (κ1) is 12.6. The Morgan fingerprint density at radius 2 is 2.05 bits per heavy atom. The van der Waals surface area contributed by atoms with Crippen LogP contribution in [0.4, 0.5) is 0 Å². The molecule has 0 aliphatic carbocycles. The summed E-state index contributed by atoms with van der Waals surface area (Å²) in [6.45, 7) is 3.93. The molecular weight excluding hydrogens is 322 g/mol. The second-order valence-corrected chi connectivity index (χ2v) is 6.15. The molecule has 0 fully saturated rings. The number of rotatable bonds is 2. The van der Waals surface area contributed by atoms with Gasteiger partial charge in [0.25, 0.3) is 0 Å². The van der Waals surface area contributed by atoms with E-state index in [1.54, 1.807) is 11.3 Å². The maximum absolute atomic E-state index is 5.56. The molecule has 0 amide bonds. The Morgan fingerprint density at radius 1 is 1.21 bits per heavy atom. The van der Waals surface area contributed by atoms with Gasteiger partial charge in [0.1, 0.15) is 16.5 Å². The van der Waals surface area contributed by atoms with Crippen LogP contribution in [0.5, 0.6) is 0 Å². The number of nitrogens with zero attached hydrogens (tertiary/aromatic N) is 1. The van der Waals surface area contributed by atoms with Crippen LogP contribution in [0, 0.1) is 13.8 Å². The molecule has 1 aromatic carbocycles. The Morgan fingerprint density at radius 3 is 2.74 bits per heavy atom. The molecule has 0 spiro atoms. The Hall–Kier alpha value is -1.39. The van der Waals surface area contributed by atoms with E-state index in [-0.39, 0.29) is 0 Å². The van der Waals surface area contributed by atoms with E-state index in [2.05, 4.69) is 33.4 Å². The lowest BCUT2D eigenvalue weighted by molar-refractivity contribution is 0.505. The van der Waals surface area contributed by atoms with Crippen molar-refractivity contribution in [1.82, 2.24) is 4.98 Å². The maximum atomic E-state index is 5.56. The minimum Gasteiger partial charge on any atom is -0.466 e. The molecule has 0 aliphatic rings. The zero-order chi connectivity index (χ0) is 13.4. The Kier molecular flexibility index (Phi) is 3.29. The Bertz CT molecular complexity index is 729. The highest BCUT2D eigenvalue weighted by molar-refractivity contribution is 9.10. The van der Waals surface area contributed by atoms with Gasteiger partial charge in [0.2, 0.25) is 0 Å². The van der Waals surface area contributed by atoms with Crippen LogP contribution in [0.25, 0.3) is 21.8 Å². The molecule has 0 aliphatic heterocycles. The predicted octanol–water partition coefficient (Wildman–Crippen LogP) is 5.45. The minimum absolute atomic E-state index is 0.920. The smallest absolute Gasteiger partial charge is 0.124 e. The first-order valence-corrected chi connectivity index (χ1v) is 7.59. The van der Waals surface area contributed by atoms with Crippen LogP contribution in [0.3, 0.4) is 0 Å². The van der Waals surface area contributed by atoms with Crippen molar-refractivity contribution in [2.24, 2.45) is 0 Å². The zero-order valence-electron chi connectivity index (χ0n) is 10.6. The van der Waals surface area contributed by atoms with Gasteiger partial charge < -0.3 is 4.42 Å². The zero-order valence-corrected chi connectivity index (χ0v) is 13.0. The summed E-state index contributed by atoms with van der Waals surface area (Å²) in [5.41, 5.74) is 3.19. The second-order valence-electron chi connectivity index (χ2n) is 4.38. The van der Waals surface area contributed by atoms with Crippen LogP contribution in [0.15, 0.2) is 44.6 Å². The average molecular weight is 334 g/mol. The van der Waals surface area contributed by atoms with Crippen LogP contribution in [-0.4, -0.2) is 4.98 Å². The van der Waals surface area contributed by atoms with Gasteiger partial charge in [0.05, 0.1) is 5.69 Å². The summed E-state index contributed by atoms with van der Waals surface area (Å²) in [6.07, 6.45) is 0. The number of aryl methyl sites for hydroxylation is 2. The lowest BCUT2D eigenvalue weighted by atomic mass is 10.2. The summed E-state index contributed by atoms with van der Waals surface area (Å²) in [4.78, 5) is 4.70. The van der Waals surface area contributed by atoms with Crippen LogP contribution < -0.4 is 0 Å². The quantitative estimate of drug-likeness (QED) is 0.623. The summed E-state index contributed by atoms with van der Waals surface area (Å²) in [6, 6.07) is 10.2. The number of benzene rings is 1. The van der Waals surface area contributed by atoms with E-state index in [1.807, 2.05) is 32.0 Å². The molecule has 0 N–H and O–H groups in total. The molecular formula is C15H12BrNOS. The van der Waals surface area contributed by atoms with Crippen LogP contribution >= 0.6 is 27.3 Å². The van der Waals surface area contributed by atoms with Gasteiger partial charge in [0, 0.05) is 21.0 Å². The number of halogens is 1. The van der Waals surface area contributed by atoms with E-state index >= 15 is 0 Å². The molecule has 0 saturated heterocycles. The molecule has 0 unspecified atom stereocenters. The monoisotopic (exact) mass is 333 g/mol. The third kappa shape index (κ3) is 2.51. The van der Waals surface area contributed by atoms with E-state index in [0.717, 1.165) is 37.8 Å². The average Bonchev–Trinajstić information content (AvgIpc) is 2.96.